The van der Waals surface area contributed by atoms with Gasteiger partial charge < -0.3 is 5.32 Å². The first-order valence-electron chi connectivity index (χ1n) is 5.85. The molecule has 0 bridgehead atoms. The van der Waals surface area contributed by atoms with Gasteiger partial charge in [-0.25, -0.2) is 0 Å². The molecule has 0 spiro atoms. The molecule has 1 aromatic carbocycles. The Morgan fingerprint density at radius 2 is 2.00 bits per heavy atom. The molecule has 16 heavy (non-hydrogen) atoms. The summed E-state index contributed by atoms with van der Waals surface area (Å²) in [5.74, 6) is 0.830. The van der Waals surface area contributed by atoms with Crippen LogP contribution in [0.2, 0.25) is 0 Å². The predicted molar refractivity (Wildman–Crippen MR) is 69.0 cm³/mol. The molecule has 1 fully saturated rings. The smallest absolute Gasteiger partial charge is 0.0514 e. The molecular formula is C13H19NOS. The van der Waals surface area contributed by atoms with E-state index in [-0.39, 0.29) is 11.3 Å². The van der Waals surface area contributed by atoms with E-state index in [9.17, 15) is 4.21 Å². The van der Waals surface area contributed by atoms with E-state index in [4.69, 9.17) is 0 Å². The average Bonchev–Trinajstić information content (AvgIpc) is 2.44. The van der Waals surface area contributed by atoms with Crippen LogP contribution in [0.25, 0.3) is 0 Å². The van der Waals surface area contributed by atoms with Gasteiger partial charge in [0.05, 0.1) is 5.25 Å². The van der Waals surface area contributed by atoms with E-state index in [1.165, 1.54) is 11.1 Å². The van der Waals surface area contributed by atoms with Gasteiger partial charge in [-0.1, -0.05) is 29.8 Å². The van der Waals surface area contributed by atoms with Gasteiger partial charge in [-0.2, -0.15) is 0 Å². The Balaban J connectivity index is 2.23. The third-order valence-corrected chi connectivity index (χ3v) is 5.00. The summed E-state index contributed by atoms with van der Waals surface area (Å²) in [5, 5.41) is 3.70. The molecule has 0 aromatic heterocycles. The zero-order valence-corrected chi connectivity index (χ0v) is 10.7. The Kier molecular flexibility index (Phi) is 3.77. The van der Waals surface area contributed by atoms with Gasteiger partial charge in [0.2, 0.25) is 0 Å². The maximum absolute atomic E-state index is 11.9. The van der Waals surface area contributed by atoms with Crippen molar-refractivity contribution in [1.82, 2.24) is 5.32 Å². The number of hydrogen-bond donors (Lipinski definition) is 1. The van der Waals surface area contributed by atoms with Gasteiger partial charge >= 0.3 is 0 Å². The van der Waals surface area contributed by atoms with E-state index in [0.717, 1.165) is 18.7 Å². The second-order valence-electron chi connectivity index (χ2n) is 4.49. The Morgan fingerprint density at radius 3 is 2.69 bits per heavy atom. The fraction of sp³-hybridized carbons (Fsp3) is 0.538. The Morgan fingerprint density at radius 1 is 1.31 bits per heavy atom. The van der Waals surface area contributed by atoms with Crippen molar-refractivity contribution in [2.75, 3.05) is 12.3 Å². The molecule has 1 aliphatic heterocycles. The number of hydrogen-bond acceptors (Lipinski definition) is 2. The summed E-state index contributed by atoms with van der Waals surface area (Å²) in [6, 6.07) is 8.77. The van der Waals surface area contributed by atoms with Crippen LogP contribution in [0.4, 0.5) is 0 Å². The van der Waals surface area contributed by atoms with Crippen molar-refractivity contribution in [3.05, 3.63) is 35.4 Å². The molecule has 0 aliphatic carbocycles. The Labute approximate surface area is 99.9 Å². The minimum Gasteiger partial charge on any atom is -0.309 e. The number of benzene rings is 1. The van der Waals surface area contributed by atoms with Crippen molar-refractivity contribution in [3.63, 3.8) is 0 Å². The monoisotopic (exact) mass is 237 g/mol. The molecular weight excluding hydrogens is 218 g/mol. The SMILES string of the molecule is Cc1ccc(C2NCCCS(=O)C2C)cc1. The van der Waals surface area contributed by atoms with E-state index >= 15 is 0 Å². The lowest BCUT2D eigenvalue weighted by atomic mass is 10.0. The summed E-state index contributed by atoms with van der Waals surface area (Å²) in [6.07, 6.45) is 1.01. The van der Waals surface area contributed by atoms with Gasteiger partial charge in [0.1, 0.15) is 0 Å². The van der Waals surface area contributed by atoms with Crippen molar-refractivity contribution >= 4 is 10.8 Å². The van der Waals surface area contributed by atoms with E-state index in [1.807, 2.05) is 0 Å². The Hall–Kier alpha value is -0.670. The second kappa shape index (κ2) is 5.11. The van der Waals surface area contributed by atoms with E-state index in [1.54, 1.807) is 0 Å². The highest BCUT2D eigenvalue weighted by atomic mass is 32.2. The minimum absolute atomic E-state index is 0.199. The van der Waals surface area contributed by atoms with E-state index < -0.39 is 10.8 Å². The molecule has 1 aromatic rings. The summed E-state index contributed by atoms with van der Waals surface area (Å²) in [4.78, 5) is 0. The summed E-state index contributed by atoms with van der Waals surface area (Å²) in [5.41, 5.74) is 2.53. The first-order chi connectivity index (χ1) is 7.68. The van der Waals surface area contributed by atoms with Crippen molar-refractivity contribution in [1.29, 1.82) is 0 Å². The van der Waals surface area contributed by atoms with Crippen LogP contribution in [-0.4, -0.2) is 21.8 Å². The highest BCUT2D eigenvalue weighted by molar-refractivity contribution is 7.85. The molecule has 2 rings (SSSR count). The lowest BCUT2D eigenvalue weighted by Gasteiger charge is -2.22. The molecule has 0 radical (unpaired) electrons. The molecule has 0 saturated carbocycles. The molecule has 3 atom stereocenters. The van der Waals surface area contributed by atoms with Crippen LogP contribution in [0.15, 0.2) is 24.3 Å². The standard InChI is InChI=1S/C13H19NOS/c1-10-4-6-12(7-5-10)13-11(2)16(15)9-3-8-14-13/h4-7,11,13-14H,3,8-9H2,1-2H3. The van der Waals surface area contributed by atoms with Crippen molar-refractivity contribution in [2.24, 2.45) is 0 Å². The third-order valence-electron chi connectivity index (χ3n) is 3.21. The van der Waals surface area contributed by atoms with Gasteiger partial charge in [-0.05, 0) is 32.4 Å². The maximum Gasteiger partial charge on any atom is 0.0514 e. The zero-order valence-electron chi connectivity index (χ0n) is 9.90. The van der Waals surface area contributed by atoms with Crippen LogP contribution >= 0.6 is 0 Å². The lowest BCUT2D eigenvalue weighted by molar-refractivity contribution is 0.535. The largest absolute Gasteiger partial charge is 0.309 e. The fourth-order valence-corrected chi connectivity index (χ4v) is 3.50. The zero-order chi connectivity index (χ0) is 11.5. The molecule has 3 unspecified atom stereocenters. The van der Waals surface area contributed by atoms with Gasteiger partial charge in [-0.3, -0.25) is 4.21 Å². The van der Waals surface area contributed by atoms with E-state index in [0.29, 0.717) is 0 Å². The van der Waals surface area contributed by atoms with Gasteiger partial charge in [-0.15, -0.1) is 0 Å². The van der Waals surface area contributed by atoms with Crippen LogP contribution < -0.4 is 5.32 Å². The molecule has 2 nitrogen and oxygen atoms in total. The van der Waals surface area contributed by atoms with Crippen LogP contribution in [0.3, 0.4) is 0 Å². The van der Waals surface area contributed by atoms with Gasteiger partial charge in [0, 0.05) is 22.6 Å². The summed E-state index contributed by atoms with van der Waals surface area (Å²) in [7, 11) is -0.701. The third kappa shape index (κ3) is 2.53. The Bertz CT molecular complexity index is 374. The van der Waals surface area contributed by atoms with Crippen molar-refractivity contribution in [3.8, 4) is 0 Å². The molecule has 88 valence electrons. The molecule has 3 heteroatoms. The predicted octanol–water partition coefficient (Wildman–Crippen LogP) is 2.17. The molecule has 1 N–H and O–H groups in total. The second-order valence-corrected chi connectivity index (χ2v) is 6.40. The van der Waals surface area contributed by atoms with Crippen LogP contribution in [-0.2, 0) is 10.8 Å². The average molecular weight is 237 g/mol. The highest BCUT2D eigenvalue weighted by Crippen LogP contribution is 2.23. The van der Waals surface area contributed by atoms with Crippen molar-refractivity contribution < 1.29 is 4.21 Å². The topological polar surface area (TPSA) is 29.1 Å². The van der Waals surface area contributed by atoms with Crippen LogP contribution in [0.5, 0.6) is 0 Å². The lowest BCUT2D eigenvalue weighted by Crippen LogP contribution is -2.30. The van der Waals surface area contributed by atoms with Crippen LogP contribution in [0.1, 0.15) is 30.5 Å². The normalized spacial score (nSPS) is 31.0. The van der Waals surface area contributed by atoms with Gasteiger partial charge in [0.15, 0.2) is 0 Å². The molecule has 1 aliphatic rings. The fourth-order valence-electron chi connectivity index (χ4n) is 2.14. The number of nitrogens with one attached hydrogen (secondary N) is 1. The first-order valence-corrected chi connectivity index (χ1v) is 7.24. The maximum atomic E-state index is 11.9. The van der Waals surface area contributed by atoms with Gasteiger partial charge in [0.25, 0.3) is 0 Å². The molecule has 1 heterocycles. The summed E-state index contributed by atoms with van der Waals surface area (Å²) in [6.45, 7) is 5.14. The molecule has 0 amide bonds. The van der Waals surface area contributed by atoms with E-state index in [2.05, 4.69) is 43.4 Å². The quantitative estimate of drug-likeness (QED) is 0.811. The highest BCUT2D eigenvalue weighted by Gasteiger charge is 2.25. The molecule has 1 saturated heterocycles. The summed E-state index contributed by atoms with van der Waals surface area (Å²) < 4.78 is 11.9. The van der Waals surface area contributed by atoms with Crippen molar-refractivity contribution in [2.45, 2.75) is 31.6 Å². The number of rotatable bonds is 1. The summed E-state index contributed by atoms with van der Waals surface area (Å²) >= 11 is 0. The number of aryl methyl sites for hydroxylation is 1. The first kappa shape index (κ1) is 11.8. The van der Waals surface area contributed by atoms with Crippen LogP contribution in [0, 0.1) is 6.92 Å². The minimum atomic E-state index is -0.701.